The SMILES string of the molecule is N=C1C=Cc2ccc3ccc(-c4cccc(-c5nc(-c6cccc(-c7ccccc7)c6)nc(-c6cccc7oc8ccccc8c67)n5)c4)cc3c2C1=N. The molecule has 0 bridgehead atoms. The van der Waals surface area contributed by atoms with E-state index in [0.29, 0.717) is 17.5 Å². The van der Waals surface area contributed by atoms with Crippen LogP contribution in [-0.4, -0.2) is 26.4 Å². The van der Waals surface area contributed by atoms with Crippen molar-refractivity contribution in [2.24, 2.45) is 0 Å². The van der Waals surface area contributed by atoms with Gasteiger partial charge in [0, 0.05) is 33.0 Å². The van der Waals surface area contributed by atoms with Gasteiger partial charge in [-0.2, -0.15) is 0 Å². The van der Waals surface area contributed by atoms with Gasteiger partial charge in [-0.1, -0.05) is 127 Å². The topological polar surface area (TPSA) is 99.5 Å². The van der Waals surface area contributed by atoms with Crippen molar-refractivity contribution < 1.29 is 4.42 Å². The molecule has 0 fully saturated rings. The van der Waals surface area contributed by atoms with Crippen LogP contribution in [0.2, 0.25) is 0 Å². The van der Waals surface area contributed by atoms with Gasteiger partial charge in [-0.3, -0.25) is 10.8 Å². The largest absolute Gasteiger partial charge is 0.456 e. The summed E-state index contributed by atoms with van der Waals surface area (Å²) in [6.45, 7) is 0. The second-order valence-electron chi connectivity index (χ2n) is 13.2. The minimum Gasteiger partial charge on any atom is -0.456 e. The van der Waals surface area contributed by atoms with Gasteiger partial charge in [0.2, 0.25) is 0 Å². The molecule has 248 valence electrons. The van der Waals surface area contributed by atoms with Crippen molar-refractivity contribution >= 4 is 50.2 Å². The van der Waals surface area contributed by atoms with Gasteiger partial charge in [-0.25, -0.2) is 15.0 Å². The molecule has 0 saturated carbocycles. The Morgan fingerprint density at radius 2 is 1.04 bits per heavy atom. The number of fused-ring (bicyclic) bond motifs is 6. The molecule has 0 radical (unpaired) electrons. The van der Waals surface area contributed by atoms with Crippen molar-refractivity contribution in [3.8, 4) is 56.4 Å². The molecule has 1 aliphatic rings. The third-order valence-electron chi connectivity index (χ3n) is 9.96. The van der Waals surface area contributed by atoms with Crippen LogP contribution >= 0.6 is 0 Å². The normalized spacial score (nSPS) is 12.5. The second kappa shape index (κ2) is 12.2. The van der Waals surface area contributed by atoms with Gasteiger partial charge in [0.1, 0.15) is 11.2 Å². The maximum atomic E-state index is 8.70. The summed E-state index contributed by atoms with van der Waals surface area (Å²) in [6.07, 6.45) is 3.61. The molecule has 6 heteroatoms. The fraction of sp³-hybridized carbons (Fsp3) is 0. The van der Waals surface area contributed by atoms with Gasteiger partial charge in [-0.05, 0) is 75.0 Å². The minimum atomic E-state index is 0.215. The van der Waals surface area contributed by atoms with Crippen LogP contribution in [0, 0.1) is 10.8 Å². The lowest BCUT2D eigenvalue weighted by Gasteiger charge is -2.16. The Labute approximate surface area is 304 Å². The van der Waals surface area contributed by atoms with Crippen LogP contribution in [-0.2, 0) is 0 Å². The number of para-hydroxylation sites is 1. The Hall–Kier alpha value is -7.31. The van der Waals surface area contributed by atoms with E-state index >= 15 is 0 Å². The van der Waals surface area contributed by atoms with Gasteiger partial charge >= 0.3 is 0 Å². The van der Waals surface area contributed by atoms with Gasteiger partial charge in [0.15, 0.2) is 17.5 Å². The number of benzene rings is 7. The molecule has 0 atom stereocenters. The van der Waals surface area contributed by atoms with Gasteiger partial charge in [0.05, 0.1) is 11.4 Å². The Morgan fingerprint density at radius 3 is 1.83 bits per heavy atom. The summed E-state index contributed by atoms with van der Waals surface area (Å²) >= 11 is 0. The maximum Gasteiger partial charge on any atom is 0.164 e. The first-order chi connectivity index (χ1) is 26.1. The Bertz CT molecular complexity index is 2990. The van der Waals surface area contributed by atoms with E-state index < -0.39 is 0 Å². The van der Waals surface area contributed by atoms with Crippen molar-refractivity contribution in [2.75, 3.05) is 0 Å². The Morgan fingerprint density at radius 1 is 0.434 bits per heavy atom. The van der Waals surface area contributed by atoms with Gasteiger partial charge in [-0.15, -0.1) is 0 Å². The summed E-state index contributed by atoms with van der Waals surface area (Å²) in [6, 6.07) is 51.4. The lowest BCUT2D eigenvalue weighted by atomic mass is 9.88. The zero-order valence-corrected chi connectivity index (χ0v) is 28.3. The highest BCUT2D eigenvalue weighted by molar-refractivity contribution is 6.53. The third kappa shape index (κ3) is 5.24. The molecular formula is C47H29N5O. The standard InChI is InChI=1S/C47H29N5O/c48-39-24-23-30-21-19-29-20-22-33(27-38(29)42(30)44(39)49)32-12-7-14-35(26-32)46-50-45(34-13-6-11-31(25-34)28-9-2-1-3-10-28)51-47(52-46)37-16-8-18-41-43(37)36-15-4-5-17-40(36)53-41/h1-27,48-49H. The Balaban J connectivity index is 1.15. The maximum absolute atomic E-state index is 8.70. The summed E-state index contributed by atoms with van der Waals surface area (Å²) < 4.78 is 6.25. The highest BCUT2D eigenvalue weighted by Gasteiger charge is 2.20. The molecule has 6 nitrogen and oxygen atoms in total. The molecule has 9 aromatic rings. The molecular weight excluding hydrogens is 651 g/mol. The monoisotopic (exact) mass is 679 g/mol. The van der Waals surface area contributed by atoms with E-state index in [0.717, 1.165) is 82.8 Å². The lowest BCUT2D eigenvalue weighted by Crippen LogP contribution is -2.16. The number of allylic oxidation sites excluding steroid dienone is 1. The summed E-state index contributed by atoms with van der Waals surface area (Å²) in [4.78, 5) is 15.4. The lowest BCUT2D eigenvalue weighted by molar-refractivity contribution is 0.669. The molecule has 2 aromatic heterocycles. The Kier molecular flexibility index (Phi) is 7.01. The molecule has 1 aliphatic carbocycles. The van der Waals surface area contributed by atoms with Gasteiger partial charge in [0.25, 0.3) is 0 Å². The zero-order chi connectivity index (χ0) is 35.5. The van der Waals surface area contributed by atoms with Crippen molar-refractivity contribution in [2.45, 2.75) is 0 Å². The molecule has 0 spiro atoms. The van der Waals surface area contributed by atoms with Crippen LogP contribution in [0.15, 0.2) is 162 Å². The number of aromatic nitrogens is 3. The van der Waals surface area contributed by atoms with Crippen LogP contribution in [0.5, 0.6) is 0 Å². The van der Waals surface area contributed by atoms with Crippen LogP contribution in [0.3, 0.4) is 0 Å². The van der Waals surface area contributed by atoms with Crippen molar-refractivity contribution in [3.63, 3.8) is 0 Å². The number of rotatable bonds is 5. The third-order valence-corrected chi connectivity index (χ3v) is 9.96. The van der Waals surface area contributed by atoms with Crippen molar-refractivity contribution in [1.82, 2.24) is 15.0 Å². The predicted octanol–water partition coefficient (Wildman–Crippen LogP) is 11.7. The highest BCUT2D eigenvalue weighted by Crippen LogP contribution is 2.38. The van der Waals surface area contributed by atoms with E-state index in [4.69, 9.17) is 30.2 Å². The van der Waals surface area contributed by atoms with E-state index in [9.17, 15) is 0 Å². The van der Waals surface area contributed by atoms with E-state index in [1.54, 1.807) is 6.08 Å². The number of furan rings is 1. The average molecular weight is 680 g/mol. The molecule has 0 aliphatic heterocycles. The molecule has 7 aromatic carbocycles. The minimum absolute atomic E-state index is 0.215. The quantitative estimate of drug-likeness (QED) is 0.189. The number of hydrogen-bond donors (Lipinski definition) is 2. The smallest absolute Gasteiger partial charge is 0.164 e. The first-order valence-electron chi connectivity index (χ1n) is 17.4. The van der Waals surface area contributed by atoms with Crippen molar-refractivity contribution in [3.05, 3.63) is 169 Å². The van der Waals surface area contributed by atoms with Crippen LogP contribution in [0.1, 0.15) is 11.1 Å². The first kappa shape index (κ1) is 30.5. The summed E-state index contributed by atoms with van der Waals surface area (Å²) in [5, 5.41) is 21.0. The molecule has 2 N–H and O–H groups in total. The number of nitrogens with one attached hydrogen (secondary N) is 2. The van der Waals surface area contributed by atoms with E-state index in [2.05, 4.69) is 66.7 Å². The molecule has 2 heterocycles. The molecule has 10 rings (SSSR count). The fourth-order valence-corrected chi connectivity index (χ4v) is 7.35. The fourth-order valence-electron chi connectivity index (χ4n) is 7.35. The molecule has 53 heavy (non-hydrogen) atoms. The first-order valence-corrected chi connectivity index (χ1v) is 17.4. The van der Waals surface area contributed by atoms with Crippen LogP contribution in [0.25, 0.3) is 95.2 Å². The van der Waals surface area contributed by atoms with E-state index in [-0.39, 0.29) is 11.4 Å². The second-order valence-corrected chi connectivity index (χ2v) is 13.2. The molecule has 0 unspecified atom stereocenters. The van der Waals surface area contributed by atoms with Crippen LogP contribution in [0.4, 0.5) is 0 Å². The van der Waals surface area contributed by atoms with Crippen molar-refractivity contribution in [1.29, 1.82) is 10.8 Å². The average Bonchev–Trinajstić information content (AvgIpc) is 3.61. The summed E-state index contributed by atoms with van der Waals surface area (Å²) in [5.41, 5.74) is 10.6. The zero-order valence-electron chi connectivity index (χ0n) is 28.3. The van der Waals surface area contributed by atoms with E-state index in [1.807, 2.05) is 91.0 Å². The van der Waals surface area contributed by atoms with E-state index in [1.165, 1.54) is 0 Å². The number of hydrogen-bond acceptors (Lipinski definition) is 6. The predicted molar refractivity (Wildman–Crippen MR) is 215 cm³/mol. The number of nitrogens with zero attached hydrogens (tertiary/aromatic N) is 3. The summed E-state index contributed by atoms with van der Waals surface area (Å²) in [5.74, 6) is 1.69. The summed E-state index contributed by atoms with van der Waals surface area (Å²) in [7, 11) is 0. The molecule has 0 amide bonds. The van der Waals surface area contributed by atoms with Gasteiger partial charge < -0.3 is 4.42 Å². The highest BCUT2D eigenvalue weighted by atomic mass is 16.3. The molecule has 0 saturated heterocycles. The van der Waals surface area contributed by atoms with Crippen LogP contribution < -0.4 is 0 Å².